The summed E-state index contributed by atoms with van der Waals surface area (Å²) in [6.07, 6.45) is 2.03. The molecule has 0 bridgehead atoms. The van der Waals surface area contributed by atoms with E-state index in [0.717, 1.165) is 33.2 Å². The van der Waals surface area contributed by atoms with Crippen molar-refractivity contribution in [3.05, 3.63) is 66.1 Å². The monoisotopic (exact) mass is 292 g/mol. The second-order valence-electron chi connectivity index (χ2n) is 5.60. The molecule has 0 aliphatic carbocycles. The first kappa shape index (κ1) is 13.0. The molecule has 0 radical (unpaired) electrons. The molecule has 3 heteroatoms. The number of benzene rings is 2. The number of pyridine rings is 1. The standard InChI is InChI=1S/C19H15FNO/c1-12-9-18-16(14-7-6-13(20)10-19(14)22-18)11-15(12)17-5-3-4-8-21(17)2/h3-11H,1-2H3/q+1. The maximum Gasteiger partial charge on any atom is 0.212 e. The van der Waals surface area contributed by atoms with Gasteiger partial charge < -0.3 is 4.42 Å². The molecule has 0 saturated heterocycles. The van der Waals surface area contributed by atoms with E-state index in [9.17, 15) is 4.39 Å². The number of fused-ring (bicyclic) bond motifs is 3. The highest BCUT2D eigenvalue weighted by molar-refractivity contribution is 6.06. The van der Waals surface area contributed by atoms with E-state index in [1.54, 1.807) is 6.07 Å². The second kappa shape index (κ2) is 4.67. The molecular formula is C19H15FNO+. The SMILES string of the molecule is Cc1cc2oc3cc(F)ccc3c2cc1-c1cccc[n+]1C. The molecule has 0 unspecified atom stereocenters. The molecule has 22 heavy (non-hydrogen) atoms. The third-order valence-corrected chi connectivity index (χ3v) is 4.11. The van der Waals surface area contributed by atoms with Gasteiger partial charge in [-0.15, -0.1) is 0 Å². The summed E-state index contributed by atoms with van der Waals surface area (Å²) in [7, 11) is 2.03. The van der Waals surface area contributed by atoms with Crippen molar-refractivity contribution in [3.8, 4) is 11.3 Å². The molecule has 0 aliphatic rings. The van der Waals surface area contributed by atoms with Crippen molar-refractivity contribution in [1.29, 1.82) is 0 Å². The van der Waals surface area contributed by atoms with Gasteiger partial charge in [-0.05, 0) is 42.8 Å². The molecule has 2 heterocycles. The molecule has 0 spiro atoms. The van der Waals surface area contributed by atoms with Crippen molar-refractivity contribution < 1.29 is 13.4 Å². The summed E-state index contributed by atoms with van der Waals surface area (Å²) in [5, 5.41) is 1.95. The van der Waals surface area contributed by atoms with Crippen LogP contribution in [0.25, 0.3) is 33.2 Å². The smallest absolute Gasteiger partial charge is 0.212 e. The van der Waals surface area contributed by atoms with Crippen LogP contribution in [-0.2, 0) is 7.05 Å². The van der Waals surface area contributed by atoms with Crippen LogP contribution in [0.1, 0.15) is 5.56 Å². The van der Waals surface area contributed by atoms with Crippen molar-refractivity contribution in [3.63, 3.8) is 0 Å². The van der Waals surface area contributed by atoms with Gasteiger partial charge in [0.1, 0.15) is 24.0 Å². The first-order chi connectivity index (χ1) is 10.6. The van der Waals surface area contributed by atoms with Gasteiger partial charge in [-0.2, -0.15) is 0 Å². The highest BCUT2D eigenvalue weighted by Crippen LogP contribution is 2.33. The van der Waals surface area contributed by atoms with Crippen molar-refractivity contribution in [2.45, 2.75) is 6.92 Å². The number of hydrogen-bond donors (Lipinski definition) is 0. The summed E-state index contributed by atoms with van der Waals surface area (Å²) in [6.45, 7) is 2.07. The van der Waals surface area contributed by atoms with E-state index in [0.29, 0.717) is 5.58 Å². The second-order valence-corrected chi connectivity index (χ2v) is 5.60. The zero-order valence-electron chi connectivity index (χ0n) is 12.4. The van der Waals surface area contributed by atoms with Gasteiger partial charge in [0, 0.05) is 34.5 Å². The first-order valence-corrected chi connectivity index (χ1v) is 7.21. The zero-order valence-corrected chi connectivity index (χ0v) is 12.4. The highest BCUT2D eigenvalue weighted by atomic mass is 19.1. The lowest BCUT2D eigenvalue weighted by Crippen LogP contribution is -2.30. The third-order valence-electron chi connectivity index (χ3n) is 4.11. The molecule has 0 aliphatic heterocycles. The normalized spacial score (nSPS) is 11.4. The predicted octanol–water partition coefficient (Wildman–Crippen LogP) is 4.53. The Bertz CT molecular complexity index is 1020. The topological polar surface area (TPSA) is 17.0 Å². The Labute approximate surface area is 127 Å². The molecule has 108 valence electrons. The lowest BCUT2D eigenvalue weighted by Gasteiger charge is -2.04. The Morgan fingerprint density at radius 3 is 2.59 bits per heavy atom. The molecule has 2 nitrogen and oxygen atoms in total. The van der Waals surface area contributed by atoms with E-state index in [1.807, 2.05) is 31.4 Å². The predicted molar refractivity (Wildman–Crippen MR) is 85.0 cm³/mol. The molecule has 0 fully saturated rings. The van der Waals surface area contributed by atoms with Gasteiger partial charge in [0.05, 0.1) is 0 Å². The summed E-state index contributed by atoms with van der Waals surface area (Å²) >= 11 is 0. The van der Waals surface area contributed by atoms with Gasteiger partial charge in [0.25, 0.3) is 0 Å². The number of rotatable bonds is 1. The average Bonchev–Trinajstić information content (AvgIpc) is 2.83. The Morgan fingerprint density at radius 1 is 0.955 bits per heavy atom. The van der Waals surface area contributed by atoms with Crippen LogP contribution in [0.15, 0.2) is 59.1 Å². The van der Waals surface area contributed by atoms with Crippen LogP contribution in [0.2, 0.25) is 0 Å². The fourth-order valence-electron chi connectivity index (χ4n) is 2.98. The van der Waals surface area contributed by atoms with Crippen LogP contribution in [0.3, 0.4) is 0 Å². The minimum Gasteiger partial charge on any atom is -0.456 e. The molecule has 0 saturated carbocycles. The Morgan fingerprint density at radius 2 is 1.77 bits per heavy atom. The summed E-state index contributed by atoms with van der Waals surface area (Å²) in [5.41, 5.74) is 4.80. The van der Waals surface area contributed by atoms with Gasteiger partial charge in [-0.3, -0.25) is 0 Å². The number of furan rings is 1. The maximum atomic E-state index is 13.4. The van der Waals surface area contributed by atoms with E-state index in [4.69, 9.17) is 4.42 Å². The number of hydrogen-bond acceptors (Lipinski definition) is 1. The average molecular weight is 292 g/mol. The maximum absolute atomic E-state index is 13.4. The summed E-state index contributed by atoms with van der Waals surface area (Å²) in [6, 6.07) is 15.0. The van der Waals surface area contributed by atoms with Crippen molar-refractivity contribution in [2.24, 2.45) is 7.05 Å². The highest BCUT2D eigenvalue weighted by Gasteiger charge is 2.16. The van der Waals surface area contributed by atoms with E-state index < -0.39 is 0 Å². The van der Waals surface area contributed by atoms with Gasteiger partial charge in [-0.1, -0.05) is 0 Å². The van der Waals surface area contributed by atoms with Crippen LogP contribution in [0.5, 0.6) is 0 Å². The molecule has 2 aromatic heterocycles. The summed E-state index contributed by atoms with van der Waals surface area (Å²) < 4.78 is 21.3. The summed E-state index contributed by atoms with van der Waals surface area (Å²) in [4.78, 5) is 0. The Hall–Kier alpha value is -2.68. The molecule has 0 atom stereocenters. The van der Waals surface area contributed by atoms with Crippen LogP contribution < -0.4 is 4.57 Å². The van der Waals surface area contributed by atoms with Crippen molar-refractivity contribution >= 4 is 21.9 Å². The van der Waals surface area contributed by atoms with Gasteiger partial charge >= 0.3 is 0 Å². The fraction of sp³-hybridized carbons (Fsp3) is 0.105. The van der Waals surface area contributed by atoms with Crippen LogP contribution >= 0.6 is 0 Å². The number of aromatic nitrogens is 1. The summed E-state index contributed by atoms with van der Waals surface area (Å²) in [5.74, 6) is -0.280. The Kier molecular flexibility index (Phi) is 2.76. The van der Waals surface area contributed by atoms with E-state index >= 15 is 0 Å². The molecule has 2 aromatic carbocycles. The largest absolute Gasteiger partial charge is 0.456 e. The molecular weight excluding hydrogens is 277 g/mol. The van der Waals surface area contributed by atoms with Crippen LogP contribution in [0, 0.1) is 12.7 Å². The zero-order chi connectivity index (χ0) is 15.3. The number of aryl methyl sites for hydroxylation is 2. The van der Waals surface area contributed by atoms with E-state index in [-0.39, 0.29) is 5.82 Å². The van der Waals surface area contributed by atoms with Crippen LogP contribution in [0.4, 0.5) is 4.39 Å². The molecule has 4 rings (SSSR count). The number of halogens is 1. The minimum absolute atomic E-state index is 0.280. The van der Waals surface area contributed by atoms with Crippen molar-refractivity contribution in [2.75, 3.05) is 0 Å². The third kappa shape index (κ3) is 1.90. The Balaban J connectivity index is 2.07. The van der Waals surface area contributed by atoms with E-state index in [1.165, 1.54) is 12.1 Å². The van der Waals surface area contributed by atoms with E-state index in [2.05, 4.69) is 23.6 Å². The van der Waals surface area contributed by atoms with Crippen molar-refractivity contribution in [1.82, 2.24) is 0 Å². The molecule has 0 amide bonds. The van der Waals surface area contributed by atoms with Gasteiger partial charge in [0.15, 0.2) is 6.20 Å². The lowest BCUT2D eigenvalue weighted by atomic mass is 10.0. The first-order valence-electron chi connectivity index (χ1n) is 7.21. The number of nitrogens with zero attached hydrogens (tertiary/aromatic N) is 1. The van der Waals surface area contributed by atoms with Gasteiger partial charge in [-0.25, -0.2) is 8.96 Å². The lowest BCUT2D eigenvalue weighted by molar-refractivity contribution is -0.660. The quantitative estimate of drug-likeness (QED) is 0.471. The van der Waals surface area contributed by atoms with Gasteiger partial charge in [0.2, 0.25) is 5.69 Å². The molecule has 0 N–H and O–H groups in total. The fourth-order valence-corrected chi connectivity index (χ4v) is 2.98. The molecule has 4 aromatic rings. The van der Waals surface area contributed by atoms with Crippen LogP contribution in [-0.4, -0.2) is 0 Å². The minimum atomic E-state index is -0.280.